The number of nitriles is 1. The first kappa shape index (κ1) is 40.7. The molecule has 3 heterocycles. The molecule has 4 nitrogen and oxygen atoms in total. The monoisotopic (exact) mass is 870 g/mol. The molecule has 0 aliphatic carbocycles. The Balaban J connectivity index is 1.26. The summed E-state index contributed by atoms with van der Waals surface area (Å²) in [5, 5.41) is 15.8. The molecule has 68 heavy (non-hydrogen) atoms. The van der Waals surface area contributed by atoms with Crippen molar-refractivity contribution in [2.24, 2.45) is 0 Å². The van der Waals surface area contributed by atoms with Crippen molar-refractivity contribution in [2.75, 3.05) is 0 Å². The van der Waals surface area contributed by atoms with Crippen LogP contribution in [0.5, 0.6) is 0 Å². The third kappa shape index (κ3) is 6.79. The number of fused-ring (bicyclic) bond motifs is 6. The second-order valence-corrected chi connectivity index (χ2v) is 18.2. The van der Waals surface area contributed by atoms with Gasteiger partial charge in [-0.15, -0.1) is 0 Å². The normalized spacial score (nSPS) is 11.5. The van der Waals surface area contributed by atoms with Gasteiger partial charge in [0.1, 0.15) is 0 Å². The van der Waals surface area contributed by atoms with Gasteiger partial charge in [0.2, 0.25) is 0 Å². The van der Waals surface area contributed by atoms with E-state index in [2.05, 4.69) is 237 Å². The summed E-state index contributed by atoms with van der Waals surface area (Å²) in [7, 11) is 0. The Kier molecular flexibility index (Phi) is 9.74. The van der Waals surface area contributed by atoms with Crippen LogP contribution in [0, 0.1) is 39.0 Å². The first-order chi connectivity index (χ1) is 33.3. The molecule has 0 amide bonds. The van der Waals surface area contributed by atoms with Gasteiger partial charge in [0.15, 0.2) is 0 Å². The summed E-state index contributed by atoms with van der Waals surface area (Å²) in [5.41, 5.74) is 22.0. The van der Waals surface area contributed by atoms with E-state index in [4.69, 9.17) is 4.98 Å². The molecule has 0 saturated heterocycles. The van der Waals surface area contributed by atoms with E-state index < -0.39 is 0 Å². The molecule has 0 aliphatic rings. The van der Waals surface area contributed by atoms with Crippen molar-refractivity contribution in [1.29, 1.82) is 5.26 Å². The van der Waals surface area contributed by atoms with Gasteiger partial charge in [-0.25, -0.2) is 4.98 Å². The van der Waals surface area contributed by atoms with Crippen molar-refractivity contribution >= 4 is 43.6 Å². The van der Waals surface area contributed by atoms with E-state index in [-0.39, 0.29) is 0 Å². The summed E-state index contributed by atoms with van der Waals surface area (Å²) < 4.78 is 4.80. The summed E-state index contributed by atoms with van der Waals surface area (Å²) in [6, 6.07) is 76.6. The van der Waals surface area contributed by atoms with Crippen LogP contribution in [0.15, 0.2) is 206 Å². The lowest BCUT2D eigenvalue weighted by atomic mass is 9.95. The number of benzene rings is 9. The summed E-state index contributed by atoms with van der Waals surface area (Å²) in [4.78, 5) is 5.37. The van der Waals surface area contributed by atoms with Crippen LogP contribution in [-0.4, -0.2) is 14.1 Å². The van der Waals surface area contributed by atoms with Crippen LogP contribution in [-0.2, 0) is 0 Å². The van der Waals surface area contributed by atoms with Crippen molar-refractivity contribution in [3.8, 4) is 73.3 Å². The zero-order valence-corrected chi connectivity index (χ0v) is 38.4. The molecule has 0 fully saturated rings. The molecule has 12 aromatic rings. The molecule has 0 unspecified atom stereocenters. The highest BCUT2D eigenvalue weighted by Gasteiger charge is 2.25. The number of aromatic nitrogens is 3. The van der Waals surface area contributed by atoms with Gasteiger partial charge in [-0.05, 0) is 115 Å². The Morgan fingerprint density at radius 3 is 1.24 bits per heavy atom. The first-order valence-electron chi connectivity index (χ1n) is 23.3. The Morgan fingerprint density at radius 1 is 0.368 bits per heavy atom. The lowest BCUT2D eigenvalue weighted by Gasteiger charge is -2.22. The van der Waals surface area contributed by atoms with Crippen LogP contribution in [0.3, 0.4) is 0 Å². The molecule has 4 heteroatoms. The number of aryl methyl sites for hydroxylation is 4. The number of hydrogen-bond acceptors (Lipinski definition) is 2. The van der Waals surface area contributed by atoms with Crippen molar-refractivity contribution in [2.45, 2.75) is 27.7 Å². The number of para-hydroxylation sites is 2. The highest BCUT2D eigenvalue weighted by atomic mass is 15.0. The van der Waals surface area contributed by atoms with Crippen molar-refractivity contribution in [1.82, 2.24) is 14.1 Å². The largest absolute Gasteiger partial charge is 0.308 e. The van der Waals surface area contributed by atoms with E-state index in [0.717, 1.165) is 99.8 Å². The average molecular weight is 871 g/mol. The van der Waals surface area contributed by atoms with Gasteiger partial charge in [-0.3, -0.25) is 0 Å². The molecule has 322 valence electrons. The fourth-order valence-electron chi connectivity index (χ4n) is 10.6. The standard InChI is InChI=1S/C64H46N4/c1-40-23-27-50(42(3)31-40)47-25-29-54-52-19-11-13-21-58(52)67(60(54)37-47)62-33-44(39-65)34-63(64(62)49-35-56(45-15-7-5-8-16-45)66-57(36-49)46-17-9-6-10-18-46)68-59-22-14-12-20-53(59)55-30-26-48(38-61(55)68)51-28-24-41(2)32-43(51)4/h5-38H,1-4H3. The maximum atomic E-state index is 11.2. The highest BCUT2D eigenvalue weighted by molar-refractivity contribution is 6.13. The lowest BCUT2D eigenvalue weighted by molar-refractivity contribution is 1.13. The first-order valence-corrected chi connectivity index (χ1v) is 23.3. The lowest BCUT2D eigenvalue weighted by Crippen LogP contribution is -2.06. The third-order valence-electron chi connectivity index (χ3n) is 13.7. The fourth-order valence-corrected chi connectivity index (χ4v) is 10.6. The minimum Gasteiger partial charge on any atom is -0.308 e. The molecule has 0 aliphatic heterocycles. The van der Waals surface area contributed by atoms with Crippen molar-refractivity contribution in [3.05, 3.63) is 234 Å². The summed E-state index contributed by atoms with van der Waals surface area (Å²) >= 11 is 0. The van der Waals surface area contributed by atoms with E-state index in [1.54, 1.807) is 0 Å². The molecular weight excluding hydrogens is 825 g/mol. The van der Waals surface area contributed by atoms with E-state index >= 15 is 0 Å². The number of pyridine rings is 1. The van der Waals surface area contributed by atoms with Gasteiger partial charge in [-0.2, -0.15) is 5.26 Å². The van der Waals surface area contributed by atoms with Crippen LogP contribution in [0.2, 0.25) is 0 Å². The Morgan fingerprint density at radius 2 is 0.794 bits per heavy atom. The van der Waals surface area contributed by atoms with Crippen LogP contribution in [0.25, 0.3) is 111 Å². The van der Waals surface area contributed by atoms with Gasteiger partial charge < -0.3 is 9.13 Å². The zero-order chi connectivity index (χ0) is 46.0. The highest BCUT2D eigenvalue weighted by Crippen LogP contribution is 2.45. The van der Waals surface area contributed by atoms with Crippen LogP contribution in [0.1, 0.15) is 27.8 Å². The average Bonchev–Trinajstić information content (AvgIpc) is 3.88. The second kappa shape index (κ2) is 16.3. The van der Waals surface area contributed by atoms with E-state index in [9.17, 15) is 5.26 Å². The van der Waals surface area contributed by atoms with Crippen LogP contribution in [0.4, 0.5) is 0 Å². The van der Waals surface area contributed by atoms with E-state index in [1.807, 2.05) is 12.1 Å². The molecule has 0 atom stereocenters. The van der Waals surface area contributed by atoms with Gasteiger partial charge in [0, 0.05) is 38.2 Å². The van der Waals surface area contributed by atoms with Gasteiger partial charge in [0.25, 0.3) is 0 Å². The van der Waals surface area contributed by atoms with Gasteiger partial charge in [-0.1, -0.05) is 169 Å². The second-order valence-electron chi connectivity index (χ2n) is 18.2. The topological polar surface area (TPSA) is 46.5 Å². The number of rotatable bonds is 7. The smallest absolute Gasteiger partial charge is 0.0993 e. The quantitative estimate of drug-likeness (QED) is 0.160. The predicted octanol–water partition coefficient (Wildman–Crippen LogP) is 16.7. The maximum absolute atomic E-state index is 11.2. The maximum Gasteiger partial charge on any atom is 0.0993 e. The molecule has 9 aromatic carbocycles. The molecule has 0 saturated carbocycles. The van der Waals surface area contributed by atoms with Crippen LogP contribution >= 0.6 is 0 Å². The van der Waals surface area contributed by atoms with E-state index in [0.29, 0.717) is 5.56 Å². The number of hydrogen-bond donors (Lipinski definition) is 0. The number of nitrogens with zero attached hydrogens (tertiary/aromatic N) is 4. The molecule has 0 bridgehead atoms. The van der Waals surface area contributed by atoms with Crippen molar-refractivity contribution < 1.29 is 0 Å². The van der Waals surface area contributed by atoms with E-state index in [1.165, 1.54) is 33.4 Å². The molecule has 0 radical (unpaired) electrons. The summed E-state index contributed by atoms with van der Waals surface area (Å²) in [6.07, 6.45) is 0. The molecule has 3 aromatic heterocycles. The van der Waals surface area contributed by atoms with Gasteiger partial charge >= 0.3 is 0 Å². The Labute approximate surface area is 396 Å². The Hall–Kier alpha value is -8.78. The fraction of sp³-hybridized carbons (Fsp3) is 0.0625. The van der Waals surface area contributed by atoms with Crippen molar-refractivity contribution in [3.63, 3.8) is 0 Å². The predicted molar refractivity (Wildman–Crippen MR) is 284 cm³/mol. The summed E-state index contributed by atoms with van der Waals surface area (Å²) in [6.45, 7) is 8.68. The third-order valence-corrected chi connectivity index (χ3v) is 13.7. The SMILES string of the molecule is Cc1ccc(-c2ccc3c4ccccc4n(-c4cc(C#N)cc(-n5c6ccccc6c6ccc(-c7ccc(C)cc7C)cc65)c4-c4cc(-c5ccccc5)nc(-c5ccccc5)c4)c3c2)c(C)c1. The zero-order valence-electron chi connectivity index (χ0n) is 38.4. The minimum atomic E-state index is 0.562. The summed E-state index contributed by atoms with van der Waals surface area (Å²) in [5.74, 6) is 0. The molecule has 0 spiro atoms. The molecule has 0 N–H and O–H groups in total. The van der Waals surface area contributed by atoms with Gasteiger partial charge in [0.05, 0.1) is 56.5 Å². The van der Waals surface area contributed by atoms with Crippen LogP contribution < -0.4 is 0 Å². The Bertz CT molecular complexity index is 3770. The molecular formula is C64H46N4. The molecule has 12 rings (SSSR count). The minimum absolute atomic E-state index is 0.562.